The summed E-state index contributed by atoms with van der Waals surface area (Å²) < 4.78 is 10.9. The second-order valence-corrected chi connectivity index (χ2v) is 8.27. The van der Waals surface area contributed by atoms with Gasteiger partial charge in [0.25, 0.3) is 0 Å². The Balaban J connectivity index is 1.97. The van der Waals surface area contributed by atoms with Crippen LogP contribution in [0.4, 0.5) is 5.69 Å². The van der Waals surface area contributed by atoms with Crippen LogP contribution in [0.5, 0.6) is 5.75 Å². The van der Waals surface area contributed by atoms with Crippen molar-refractivity contribution in [3.8, 4) is 5.75 Å². The Labute approximate surface area is 182 Å². The van der Waals surface area contributed by atoms with Crippen molar-refractivity contribution in [2.45, 2.75) is 73.0 Å². The molecule has 0 N–H and O–H groups in total. The molecule has 1 aromatic rings. The van der Waals surface area contributed by atoms with Crippen molar-refractivity contribution in [1.29, 1.82) is 0 Å². The Bertz CT molecular complexity index is 816. The molecular formula is C26H37NO3. The third kappa shape index (κ3) is 6.79. The number of methoxy groups -OCH3 is 1. The van der Waals surface area contributed by atoms with Crippen LogP contribution in [0.15, 0.2) is 53.1 Å². The number of benzene rings is 1. The Morgan fingerprint density at radius 2 is 1.73 bits per heavy atom. The molecule has 0 amide bonds. The van der Waals surface area contributed by atoms with Crippen LogP contribution < -0.4 is 9.64 Å². The third-order valence-corrected chi connectivity index (χ3v) is 5.41. The van der Waals surface area contributed by atoms with Gasteiger partial charge in [0.05, 0.1) is 18.4 Å². The van der Waals surface area contributed by atoms with E-state index in [4.69, 9.17) is 9.47 Å². The average molecular weight is 412 g/mol. The maximum absolute atomic E-state index is 11.9. The summed E-state index contributed by atoms with van der Waals surface area (Å²) in [5.74, 6) is 0.506. The Hall–Kier alpha value is -2.49. The van der Waals surface area contributed by atoms with E-state index in [0.29, 0.717) is 5.56 Å². The zero-order chi connectivity index (χ0) is 22.1. The van der Waals surface area contributed by atoms with Crippen LogP contribution in [-0.4, -0.2) is 25.9 Å². The minimum absolute atomic E-state index is 0.00540. The van der Waals surface area contributed by atoms with Crippen molar-refractivity contribution in [3.05, 3.63) is 58.7 Å². The summed E-state index contributed by atoms with van der Waals surface area (Å²) in [4.78, 5) is 14.1. The van der Waals surface area contributed by atoms with Gasteiger partial charge in [0.1, 0.15) is 5.75 Å². The molecule has 0 bridgehead atoms. The molecule has 0 spiro atoms. The average Bonchev–Trinajstić information content (AvgIpc) is 3.08. The molecule has 0 aromatic heterocycles. The minimum Gasteiger partial charge on any atom is -0.468 e. The Morgan fingerprint density at radius 1 is 1.07 bits per heavy atom. The van der Waals surface area contributed by atoms with Gasteiger partial charge in [-0.1, -0.05) is 41.9 Å². The van der Waals surface area contributed by atoms with Gasteiger partial charge in [-0.3, -0.25) is 0 Å². The summed E-state index contributed by atoms with van der Waals surface area (Å²) in [6.07, 6.45) is 12.2. The molecule has 1 heterocycles. The van der Waals surface area contributed by atoms with Gasteiger partial charge in [-0.25, -0.2) is 4.79 Å². The van der Waals surface area contributed by atoms with E-state index in [0.717, 1.165) is 50.1 Å². The quantitative estimate of drug-likeness (QED) is 0.312. The SMILES string of the molecule is CCC1Oc2ccc(C(=O)OC)cc2N1C/C=C(\C)CC/C=C(\C)CCC=C(C)C. The number of fused-ring (bicyclic) bond motifs is 1. The van der Waals surface area contributed by atoms with Gasteiger partial charge in [-0.2, -0.15) is 0 Å². The maximum Gasteiger partial charge on any atom is 0.337 e. The van der Waals surface area contributed by atoms with Crippen molar-refractivity contribution in [3.63, 3.8) is 0 Å². The number of carbonyl (C=O) groups excluding carboxylic acids is 1. The van der Waals surface area contributed by atoms with Gasteiger partial charge in [0, 0.05) is 13.0 Å². The molecule has 2 rings (SSSR count). The molecule has 30 heavy (non-hydrogen) atoms. The van der Waals surface area contributed by atoms with E-state index in [1.165, 1.54) is 23.8 Å². The molecule has 1 aliphatic heterocycles. The van der Waals surface area contributed by atoms with Crippen LogP contribution in [0.25, 0.3) is 0 Å². The standard InChI is InChI=1S/C26H37NO3/c1-7-25-27(23-18-22(26(28)29-6)14-15-24(23)30-25)17-16-21(5)13-9-12-20(4)11-8-10-19(2)3/h10,12,14-16,18,25H,7-9,11,13,17H2,1-6H3/b20-12+,21-16+. The smallest absolute Gasteiger partial charge is 0.337 e. The highest BCUT2D eigenvalue weighted by Crippen LogP contribution is 2.39. The number of hydrogen-bond donors (Lipinski definition) is 0. The van der Waals surface area contributed by atoms with Gasteiger partial charge in [0.15, 0.2) is 6.23 Å². The molecule has 0 radical (unpaired) electrons. The fourth-order valence-corrected chi connectivity index (χ4v) is 3.56. The van der Waals surface area contributed by atoms with Gasteiger partial charge in [-0.05, 0) is 71.6 Å². The fourth-order valence-electron chi connectivity index (χ4n) is 3.56. The van der Waals surface area contributed by atoms with Gasteiger partial charge in [-0.15, -0.1) is 0 Å². The summed E-state index contributed by atoms with van der Waals surface area (Å²) in [6, 6.07) is 5.50. The lowest BCUT2D eigenvalue weighted by molar-refractivity contribution is 0.0601. The van der Waals surface area contributed by atoms with E-state index in [9.17, 15) is 4.79 Å². The zero-order valence-corrected chi connectivity index (χ0v) is 19.5. The number of hydrogen-bond acceptors (Lipinski definition) is 4. The van der Waals surface area contributed by atoms with Crippen LogP contribution >= 0.6 is 0 Å². The predicted octanol–water partition coefficient (Wildman–Crippen LogP) is 6.83. The molecule has 1 aromatic carbocycles. The lowest BCUT2D eigenvalue weighted by Crippen LogP contribution is -2.34. The van der Waals surface area contributed by atoms with E-state index in [1.807, 2.05) is 12.1 Å². The van der Waals surface area contributed by atoms with Crippen molar-refractivity contribution < 1.29 is 14.3 Å². The van der Waals surface area contributed by atoms with Gasteiger partial charge < -0.3 is 14.4 Å². The summed E-state index contributed by atoms with van der Waals surface area (Å²) in [5.41, 5.74) is 5.73. The largest absolute Gasteiger partial charge is 0.468 e. The lowest BCUT2D eigenvalue weighted by atomic mass is 10.1. The molecule has 0 saturated carbocycles. The first-order valence-corrected chi connectivity index (χ1v) is 11.0. The number of esters is 1. The topological polar surface area (TPSA) is 38.8 Å². The summed E-state index contributed by atoms with van der Waals surface area (Å²) in [5, 5.41) is 0. The number of carbonyl (C=O) groups is 1. The van der Waals surface area contributed by atoms with Crippen LogP contribution in [0.2, 0.25) is 0 Å². The zero-order valence-electron chi connectivity index (χ0n) is 19.5. The van der Waals surface area contributed by atoms with E-state index < -0.39 is 0 Å². The van der Waals surface area contributed by atoms with E-state index >= 15 is 0 Å². The first kappa shape index (κ1) is 23.8. The lowest BCUT2D eigenvalue weighted by Gasteiger charge is -2.23. The molecule has 1 unspecified atom stereocenters. The number of nitrogens with zero attached hydrogens (tertiary/aromatic N) is 1. The molecule has 4 nitrogen and oxygen atoms in total. The van der Waals surface area contributed by atoms with Crippen LogP contribution in [0, 0.1) is 0 Å². The first-order chi connectivity index (χ1) is 14.3. The number of ether oxygens (including phenoxy) is 2. The number of anilines is 1. The highest BCUT2D eigenvalue weighted by Gasteiger charge is 2.29. The third-order valence-electron chi connectivity index (χ3n) is 5.41. The normalized spacial score (nSPS) is 16.2. The monoisotopic (exact) mass is 411 g/mol. The second-order valence-electron chi connectivity index (χ2n) is 8.27. The molecule has 0 aliphatic carbocycles. The van der Waals surface area contributed by atoms with Crippen molar-refractivity contribution in [2.75, 3.05) is 18.6 Å². The number of rotatable bonds is 10. The fraction of sp³-hybridized carbons (Fsp3) is 0.500. The second kappa shape index (κ2) is 11.6. The predicted molar refractivity (Wildman–Crippen MR) is 125 cm³/mol. The summed E-state index contributed by atoms with van der Waals surface area (Å²) >= 11 is 0. The van der Waals surface area contributed by atoms with E-state index in [1.54, 1.807) is 6.07 Å². The molecule has 1 aliphatic rings. The van der Waals surface area contributed by atoms with Gasteiger partial charge >= 0.3 is 5.97 Å². The molecule has 0 saturated heterocycles. The number of allylic oxidation sites excluding steroid dienone is 5. The van der Waals surface area contributed by atoms with Crippen LogP contribution in [0.3, 0.4) is 0 Å². The van der Waals surface area contributed by atoms with E-state index in [-0.39, 0.29) is 12.2 Å². The van der Waals surface area contributed by atoms with Crippen molar-refractivity contribution >= 4 is 11.7 Å². The van der Waals surface area contributed by atoms with Crippen LogP contribution in [0.1, 0.15) is 77.1 Å². The molecule has 164 valence electrons. The molecule has 4 heteroatoms. The van der Waals surface area contributed by atoms with Gasteiger partial charge in [0.2, 0.25) is 0 Å². The maximum atomic E-state index is 11.9. The summed E-state index contributed by atoms with van der Waals surface area (Å²) in [6.45, 7) is 11.6. The minimum atomic E-state index is -0.323. The molecule has 0 fully saturated rings. The Kier molecular flexibility index (Phi) is 9.22. The van der Waals surface area contributed by atoms with E-state index in [2.05, 4.69) is 57.7 Å². The van der Waals surface area contributed by atoms with Crippen LogP contribution in [-0.2, 0) is 4.74 Å². The van der Waals surface area contributed by atoms with Crippen molar-refractivity contribution in [2.24, 2.45) is 0 Å². The molecule has 1 atom stereocenters. The van der Waals surface area contributed by atoms with Crippen molar-refractivity contribution in [1.82, 2.24) is 0 Å². The first-order valence-electron chi connectivity index (χ1n) is 11.0. The highest BCUT2D eigenvalue weighted by molar-refractivity contribution is 5.91. The highest BCUT2D eigenvalue weighted by atomic mass is 16.5. The Morgan fingerprint density at radius 3 is 2.37 bits per heavy atom. The summed E-state index contributed by atoms with van der Waals surface area (Å²) in [7, 11) is 1.41. The molecular weight excluding hydrogens is 374 g/mol.